The second kappa shape index (κ2) is 9.60. The molecule has 0 rings (SSSR count). The fourth-order valence-corrected chi connectivity index (χ4v) is 0. The summed E-state index contributed by atoms with van der Waals surface area (Å²) in [6.07, 6.45) is 0. The smallest absolute Gasteiger partial charge is 1.00 e. The minimum atomic E-state index is 0. The van der Waals surface area contributed by atoms with E-state index >= 15 is 0 Å². The summed E-state index contributed by atoms with van der Waals surface area (Å²) < 4.78 is 0. The zero-order valence-corrected chi connectivity index (χ0v) is 5.76. The van der Waals surface area contributed by atoms with Gasteiger partial charge in [-0.15, -0.1) is 0 Å². The zero-order chi connectivity index (χ0) is 2.71. The van der Waals surface area contributed by atoms with Crippen molar-refractivity contribution in [3.05, 3.63) is 0 Å². The Balaban J connectivity index is 0. The summed E-state index contributed by atoms with van der Waals surface area (Å²) in [5.41, 5.74) is 0. The van der Waals surface area contributed by atoms with E-state index in [0.717, 1.165) is 0 Å². The summed E-state index contributed by atoms with van der Waals surface area (Å²) in [4.78, 5) is 0. The van der Waals surface area contributed by atoms with Crippen LogP contribution in [0, 0.1) is 0 Å². The van der Waals surface area contributed by atoms with E-state index in [0.29, 0.717) is 0 Å². The number of rotatable bonds is 0. The summed E-state index contributed by atoms with van der Waals surface area (Å²) >= 11 is 1.44. The van der Waals surface area contributed by atoms with E-state index in [-0.39, 0.29) is 4.70 Å². The van der Waals surface area contributed by atoms with E-state index in [1.54, 1.807) is 0 Å². The SMILES string of the molecule is C[CH2][Zn+].[F-]. The predicted molar refractivity (Wildman–Crippen MR) is 10.5 cm³/mol. The third-order valence-corrected chi connectivity index (χ3v) is 0. The van der Waals surface area contributed by atoms with Gasteiger partial charge in [0.05, 0.1) is 0 Å². The van der Waals surface area contributed by atoms with Crippen molar-refractivity contribution in [2.75, 3.05) is 0 Å². The minimum Gasteiger partial charge on any atom is -1.00 e. The molecule has 0 aliphatic heterocycles. The topological polar surface area (TPSA) is 0 Å². The number of hydrogen-bond donors (Lipinski definition) is 0. The van der Waals surface area contributed by atoms with Crippen LogP contribution < -0.4 is 4.70 Å². The average molecular weight is 113 g/mol. The molecule has 0 aliphatic carbocycles. The molecule has 0 spiro atoms. The number of halogens is 1. The second-order valence-corrected chi connectivity index (χ2v) is 2.60. The first-order valence-electron chi connectivity index (χ1n) is 1.21. The Labute approximate surface area is 35.6 Å². The molecular weight excluding hydrogens is 108 g/mol. The summed E-state index contributed by atoms with van der Waals surface area (Å²) in [5, 5.41) is 1.38. The molecule has 0 aromatic rings. The third-order valence-electron chi connectivity index (χ3n) is 0. The molecular formula is C2H5FZn. The Morgan fingerprint density at radius 2 is 1.75 bits per heavy atom. The first kappa shape index (κ1) is 8.82. The Hall–Kier alpha value is 0.553. The van der Waals surface area contributed by atoms with Crippen molar-refractivity contribution in [3.8, 4) is 0 Å². The molecule has 0 heterocycles. The maximum absolute atomic E-state index is 2.18. The van der Waals surface area contributed by atoms with Gasteiger partial charge in [0.1, 0.15) is 0 Å². The molecule has 0 radical (unpaired) electrons. The van der Waals surface area contributed by atoms with Gasteiger partial charge in [0.2, 0.25) is 0 Å². The zero-order valence-electron chi connectivity index (χ0n) is 2.79. The van der Waals surface area contributed by atoms with Gasteiger partial charge in [-0.3, -0.25) is 0 Å². The van der Waals surface area contributed by atoms with Crippen LogP contribution >= 0.6 is 0 Å². The molecule has 0 N–H and O–H groups in total. The van der Waals surface area contributed by atoms with E-state index in [9.17, 15) is 0 Å². The van der Waals surface area contributed by atoms with Gasteiger partial charge in [-0.2, -0.15) is 0 Å². The predicted octanol–water partition coefficient (Wildman–Crippen LogP) is -2.02. The molecule has 0 saturated carbocycles. The first-order chi connectivity index (χ1) is 1.41. The van der Waals surface area contributed by atoms with Crippen molar-refractivity contribution in [2.24, 2.45) is 0 Å². The summed E-state index contributed by atoms with van der Waals surface area (Å²) in [5.74, 6) is 0. The van der Waals surface area contributed by atoms with E-state index in [4.69, 9.17) is 0 Å². The molecule has 0 bridgehead atoms. The van der Waals surface area contributed by atoms with E-state index < -0.39 is 0 Å². The molecule has 0 atom stereocenters. The van der Waals surface area contributed by atoms with Crippen LogP contribution in [0.2, 0.25) is 5.02 Å². The van der Waals surface area contributed by atoms with Crippen molar-refractivity contribution in [1.82, 2.24) is 0 Å². The van der Waals surface area contributed by atoms with Gasteiger partial charge in [0, 0.05) is 0 Å². The van der Waals surface area contributed by atoms with Crippen LogP contribution in [0.15, 0.2) is 0 Å². The van der Waals surface area contributed by atoms with Crippen molar-refractivity contribution >= 4 is 0 Å². The summed E-state index contributed by atoms with van der Waals surface area (Å²) in [6.45, 7) is 2.18. The molecule has 4 heavy (non-hydrogen) atoms. The van der Waals surface area contributed by atoms with E-state index in [2.05, 4.69) is 6.92 Å². The minimum absolute atomic E-state index is 0. The first-order valence-corrected chi connectivity index (χ1v) is 3.31. The second-order valence-electron chi connectivity index (χ2n) is 0.500. The maximum Gasteiger partial charge on any atom is -1.00 e. The largest absolute Gasteiger partial charge is 1.00 e. The van der Waals surface area contributed by atoms with Crippen LogP contribution in [-0.2, 0) is 18.3 Å². The normalized spacial score (nSPS) is 4.75. The fourth-order valence-electron chi connectivity index (χ4n) is 0. The van der Waals surface area contributed by atoms with Gasteiger partial charge >= 0.3 is 30.2 Å². The monoisotopic (exact) mass is 112 g/mol. The van der Waals surface area contributed by atoms with Crippen LogP contribution in [0.5, 0.6) is 0 Å². The Morgan fingerprint density at radius 1 is 1.75 bits per heavy atom. The molecule has 0 aliphatic rings. The van der Waals surface area contributed by atoms with E-state index in [1.807, 2.05) is 0 Å². The summed E-state index contributed by atoms with van der Waals surface area (Å²) in [7, 11) is 0. The van der Waals surface area contributed by atoms with Gasteiger partial charge in [-0.25, -0.2) is 0 Å². The Kier molecular flexibility index (Phi) is 21.2. The van der Waals surface area contributed by atoms with Gasteiger partial charge in [-0.1, -0.05) is 0 Å². The quantitative estimate of drug-likeness (QED) is 0.318. The molecule has 0 nitrogen and oxygen atoms in total. The molecule has 0 aromatic carbocycles. The van der Waals surface area contributed by atoms with Gasteiger partial charge < -0.3 is 4.70 Å². The molecule has 2 heteroatoms. The van der Waals surface area contributed by atoms with Crippen LogP contribution in [0.3, 0.4) is 0 Å². The van der Waals surface area contributed by atoms with Crippen molar-refractivity contribution in [3.63, 3.8) is 0 Å². The Bertz CT molecular complexity index is 6.00. The van der Waals surface area contributed by atoms with Crippen LogP contribution in [0.4, 0.5) is 0 Å². The van der Waals surface area contributed by atoms with Crippen molar-refractivity contribution in [1.29, 1.82) is 0 Å². The maximum atomic E-state index is 2.18. The average Bonchev–Trinajstić information content (AvgIpc) is 0.918. The van der Waals surface area contributed by atoms with Crippen LogP contribution in [0.1, 0.15) is 6.92 Å². The molecule has 0 saturated heterocycles. The number of hydrogen-bond acceptors (Lipinski definition) is 0. The third kappa shape index (κ3) is 20.1. The molecule has 0 amide bonds. The van der Waals surface area contributed by atoms with Gasteiger partial charge in [0.25, 0.3) is 0 Å². The van der Waals surface area contributed by atoms with Gasteiger partial charge in [-0.05, 0) is 0 Å². The molecule has 0 aromatic heterocycles. The fraction of sp³-hybridized carbons (Fsp3) is 1.00. The molecule has 0 fully saturated rings. The molecule has 22 valence electrons. The van der Waals surface area contributed by atoms with E-state index in [1.165, 1.54) is 23.3 Å². The van der Waals surface area contributed by atoms with Crippen molar-refractivity contribution < 1.29 is 23.0 Å². The summed E-state index contributed by atoms with van der Waals surface area (Å²) in [6, 6.07) is 0. The standard InChI is InChI=1S/C2H5.FH.Zn/c1-2;;/h1H2,2H3;1H;/q;;+1/p-1. The Morgan fingerprint density at radius 3 is 1.75 bits per heavy atom. The van der Waals surface area contributed by atoms with Crippen LogP contribution in [-0.4, -0.2) is 0 Å². The van der Waals surface area contributed by atoms with Crippen molar-refractivity contribution in [2.45, 2.75) is 11.9 Å². The van der Waals surface area contributed by atoms with Crippen LogP contribution in [0.25, 0.3) is 0 Å². The van der Waals surface area contributed by atoms with Gasteiger partial charge in [0.15, 0.2) is 0 Å². The molecule has 0 unspecified atom stereocenters.